The maximum absolute atomic E-state index is 13.8. The van der Waals surface area contributed by atoms with Crippen molar-refractivity contribution in [2.75, 3.05) is 5.84 Å². The largest absolute Gasteiger partial charge is 0.482 e. The number of nitrogen functional groups attached to an aromatic ring is 1. The minimum Gasteiger partial charge on any atom is -0.482 e. The lowest BCUT2D eigenvalue weighted by atomic mass is 9.89. The summed E-state index contributed by atoms with van der Waals surface area (Å²) in [7, 11) is 0. The summed E-state index contributed by atoms with van der Waals surface area (Å²) in [5.41, 5.74) is 1.07. The van der Waals surface area contributed by atoms with Crippen molar-refractivity contribution in [3.63, 3.8) is 0 Å². The lowest BCUT2D eigenvalue weighted by Crippen LogP contribution is -2.17. The van der Waals surface area contributed by atoms with Crippen LogP contribution in [0.15, 0.2) is 34.2 Å². The van der Waals surface area contributed by atoms with Crippen LogP contribution >= 0.6 is 23.1 Å². The number of para-hydroxylation sites is 1. The van der Waals surface area contributed by atoms with Gasteiger partial charge in [-0.3, -0.25) is 4.79 Å². The van der Waals surface area contributed by atoms with Gasteiger partial charge >= 0.3 is 0 Å². The Morgan fingerprint density at radius 1 is 1.39 bits per heavy atom. The first-order valence-electron chi connectivity index (χ1n) is 10.7. The molecule has 0 bridgehead atoms. The number of ether oxygens (including phenoxy) is 1. The number of fused-ring (bicyclic) bond motifs is 3. The summed E-state index contributed by atoms with van der Waals surface area (Å²) in [5, 5.41) is 9.14. The van der Waals surface area contributed by atoms with Crippen molar-refractivity contribution in [3.05, 3.63) is 62.5 Å². The molecule has 8 nitrogen and oxygen atoms in total. The predicted molar refractivity (Wildman–Crippen MR) is 127 cm³/mol. The summed E-state index contributed by atoms with van der Waals surface area (Å²) >= 11 is 2.95. The lowest BCUT2D eigenvalue weighted by Gasteiger charge is -2.17. The molecule has 33 heavy (non-hydrogen) atoms. The number of aryl methyl sites for hydroxylation is 1. The van der Waals surface area contributed by atoms with Gasteiger partial charge in [-0.2, -0.15) is 0 Å². The number of H-pyrrole nitrogens is 1. The van der Waals surface area contributed by atoms with E-state index < -0.39 is 5.82 Å². The van der Waals surface area contributed by atoms with Crippen LogP contribution in [0.3, 0.4) is 0 Å². The molecule has 172 valence electrons. The second-order valence-electron chi connectivity index (χ2n) is 8.23. The van der Waals surface area contributed by atoms with Crippen molar-refractivity contribution in [2.45, 2.75) is 50.1 Å². The van der Waals surface area contributed by atoms with Crippen LogP contribution in [0.2, 0.25) is 0 Å². The van der Waals surface area contributed by atoms with Crippen molar-refractivity contribution < 1.29 is 9.13 Å². The summed E-state index contributed by atoms with van der Waals surface area (Å²) in [6.45, 7) is 4.14. The Labute approximate surface area is 197 Å². The summed E-state index contributed by atoms with van der Waals surface area (Å²) in [4.78, 5) is 22.7. The Morgan fingerprint density at radius 2 is 2.21 bits per heavy atom. The second kappa shape index (κ2) is 8.79. The number of aromatic amines is 1. The van der Waals surface area contributed by atoms with E-state index in [2.05, 4.69) is 22.1 Å². The maximum Gasteiger partial charge on any atom is 0.259 e. The van der Waals surface area contributed by atoms with E-state index >= 15 is 0 Å². The van der Waals surface area contributed by atoms with E-state index in [9.17, 15) is 9.18 Å². The first kappa shape index (κ1) is 21.9. The fourth-order valence-corrected chi connectivity index (χ4v) is 6.20. The first-order chi connectivity index (χ1) is 15.9. The van der Waals surface area contributed by atoms with E-state index in [0.717, 1.165) is 35.0 Å². The van der Waals surface area contributed by atoms with Gasteiger partial charge in [0.25, 0.3) is 5.56 Å². The summed E-state index contributed by atoms with van der Waals surface area (Å²) in [6.07, 6.45) is 3.03. The quantitative estimate of drug-likeness (QED) is 0.313. The van der Waals surface area contributed by atoms with Crippen LogP contribution < -0.4 is 16.1 Å². The van der Waals surface area contributed by atoms with E-state index in [1.165, 1.54) is 33.4 Å². The SMILES string of the molecule is CC1CCc2c(sc3nc(C(C)Sc4nnc(COc5ccccc5F)n4N)[nH]c(=O)c23)C1. The van der Waals surface area contributed by atoms with Gasteiger partial charge in [0.1, 0.15) is 17.3 Å². The van der Waals surface area contributed by atoms with Crippen LogP contribution in [0.25, 0.3) is 10.2 Å². The number of aromatic nitrogens is 5. The third-order valence-electron chi connectivity index (χ3n) is 5.78. The second-order valence-corrected chi connectivity index (χ2v) is 10.6. The standard InChI is InChI=1S/C22H23FN6O2S2/c1-11-7-8-13-16(9-11)33-21-18(13)20(30)25-19(26-21)12(2)32-22-28-27-17(29(22)24)10-31-15-6-4-3-5-14(15)23/h3-6,11-12H,7-10,24H2,1-2H3,(H,25,26,30). The highest BCUT2D eigenvalue weighted by Crippen LogP contribution is 2.37. The third-order valence-corrected chi connectivity index (χ3v) is 7.99. The summed E-state index contributed by atoms with van der Waals surface area (Å²) in [6, 6.07) is 6.13. The highest BCUT2D eigenvalue weighted by Gasteiger charge is 2.24. The maximum atomic E-state index is 13.8. The number of thioether (sulfide) groups is 1. The molecule has 5 rings (SSSR count). The zero-order chi connectivity index (χ0) is 23.1. The van der Waals surface area contributed by atoms with E-state index in [1.54, 1.807) is 23.5 Å². The van der Waals surface area contributed by atoms with Crippen LogP contribution in [-0.4, -0.2) is 24.8 Å². The molecular formula is C22H23FN6O2S2. The predicted octanol–water partition coefficient (Wildman–Crippen LogP) is 3.99. The molecule has 3 N–H and O–H groups in total. The topological polar surface area (TPSA) is 112 Å². The van der Waals surface area contributed by atoms with Crippen LogP contribution in [0.5, 0.6) is 5.75 Å². The van der Waals surface area contributed by atoms with Gasteiger partial charge in [0.05, 0.1) is 10.6 Å². The van der Waals surface area contributed by atoms with Crippen LogP contribution in [0.4, 0.5) is 4.39 Å². The molecule has 3 heterocycles. The smallest absolute Gasteiger partial charge is 0.259 e. The highest BCUT2D eigenvalue weighted by molar-refractivity contribution is 7.99. The molecule has 1 aromatic carbocycles. The minimum atomic E-state index is -0.459. The summed E-state index contributed by atoms with van der Waals surface area (Å²) in [5.74, 6) is 7.34. The van der Waals surface area contributed by atoms with Crippen molar-refractivity contribution in [1.29, 1.82) is 0 Å². The number of nitrogens with one attached hydrogen (secondary N) is 1. The van der Waals surface area contributed by atoms with Crippen LogP contribution in [-0.2, 0) is 19.4 Å². The van der Waals surface area contributed by atoms with Crippen molar-refractivity contribution in [2.24, 2.45) is 5.92 Å². The van der Waals surface area contributed by atoms with Gasteiger partial charge in [0, 0.05) is 4.88 Å². The highest BCUT2D eigenvalue weighted by atomic mass is 32.2. The van der Waals surface area contributed by atoms with E-state index in [0.29, 0.717) is 22.7 Å². The number of hydrogen-bond acceptors (Lipinski definition) is 8. The molecule has 1 aliphatic rings. The molecule has 2 unspecified atom stereocenters. The average Bonchev–Trinajstić information content (AvgIpc) is 3.33. The van der Waals surface area contributed by atoms with Crippen molar-refractivity contribution >= 4 is 33.3 Å². The van der Waals surface area contributed by atoms with Gasteiger partial charge in [-0.25, -0.2) is 14.1 Å². The number of benzene rings is 1. The number of hydrogen-bond donors (Lipinski definition) is 2. The number of halogens is 1. The molecule has 0 saturated heterocycles. The van der Waals surface area contributed by atoms with Gasteiger partial charge < -0.3 is 15.6 Å². The van der Waals surface area contributed by atoms with Gasteiger partial charge in [-0.05, 0) is 49.8 Å². The Bertz CT molecular complexity index is 1380. The van der Waals surface area contributed by atoms with Gasteiger partial charge in [-0.15, -0.1) is 21.5 Å². The molecule has 2 atom stereocenters. The number of thiophene rings is 1. The molecule has 0 radical (unpaired) electrons. The first-order valence-corrected chi connectivity index (χ1v) is 12.4. The molecule has 0 saturated carbocycles. The zero-order valence-electron chi connectivity index (χ0n) is 18.2. The molecule has 0 amide bonds. The monoisotopic (exact) mass is 486 g/mol. The average molecular weight is 487 g/mol. The van der Waals surface area contributed by atoms with Crippen LogP contribution in [0, 0.1) is 11.7 Å². The normalized spacial score (nSPS) is 16.6. The molecular weight excluding hydrogens is 463 g/mol. The molecule has 1 aliphatic carbocycles. The van der Waals surface area contributed by atoms with E-state index in [1.807, 2.05) is 6.92 Å². The van der Waals surface area contributed by atoms with Crippen LogP contribution in [0.1, 0.15) is 47.6 Å². The molecule has 11 heteroatoms. The molecule has 0 fully saturated rings. The van der Waals surface area contributed by atoms with E-state index in [-0.39, 0.29) is 23.2 Å². The Balaban J connectivity index is 1.34. The fourth-order valence-electron chi connectivity index (χ4n) is 3.96. The Morgan fingerprint density at radius 3 is 3.03 bits per heavy atom. The lowest BCUT2D eigenvalue weighted by molar-refractivity contribution is 0.277. The number of nitrogens with zero attached hydrogens (tertiary/aromatic N) is 4. The van der Waals surface area contributed by atoms with Crippen molar-refractivity contribution in [3.8, 4) is 5.75 Å². The number of rotatable bonds is 6. The molecule has 3 aromatic heterocycles. The third kappa shape index (κ3) is 4.22. The van der Waals surface area contributed by atoms with Gasteiger partial charge in [-0.1, -0.05) is 30.8 Å². The summed E-state index contributed by atoms with van der Waals surface area (Å²) < 4.78 is 20.5. The zero-order valence-corrected chi connectivity index (χ0v) is 19.8. The van der Waals surface area contributed by atoms with Gasteiger partial charge in [0.2, 0.25) is 5.16 Å². The number of nitrogens with two attached hydrogens (primary N) is 1. The van der Waals surface area contributed by atoms with E-state index in [4.69, 9.17) is 15.6 Å². The minimum absolute atomic E-state index is 0.0282. The van der Waals surface area contributed by atoms with Crippen molar-refractivity contribution in [1.82, 2.24) is 24.8 Å². The Kier molecular flexibility index (Phi) is 5.83. The molecule has 0 aliphatic heterocycles. The van der Waals surface area contributed by atoms with Gasteiger partial charge in [0.15, 0.2) is 17.4 Å². The Hall–Kier alpha value is -2.92. The molecule has 0 spiro atoms. The fraction of sp³-hybridized carbons (Fsp3) is 0.364. The molecule has 4 aromatic rings.